The summed E-state index contributed by atoms with van der Waals surface area (Å²) in [6, 6.07) is 9.06. The summed E-state index contributed by atoms with van der Waals surface area (Å²) >= 11 is 5.13. The maximum atomic E-state index is 13.6. The number of benzene rings is 2. The van der Waals surface area contributed by atoms with Crippen LogP contribution in [-0.4, -0.2) is 5.11 Å². The lowest BCUT2D eigenvalue weighted by molar-refractivity contribution is 0.627. The second kappa shape index (κ2) is 5.96. The van der Waals surface area contributed by atoms with Crippen LogP contribution < -0.4 is 10.6 Å². The predicted octanol–water partition coefficient (Wildman–Crippen LogP) is 4.39. The Morgan fingerprint density at radius 1 is 0.950 bits per heavy atom. The van der Waals surface area contributed by atoms with Crippen molar-refractivity contribution >= 4 is 28.7 Å². The summed E-state index contributed by atoms with van der Waals surface area (Å²) in [5.74, 6) is -0.688. The van der Waals surface area contributed by atoms with Crippen molar-refractivity contribution in [2.45, 2.75) is 13.8 Å². The maximum Gasteiger partial charge on any atom is 0.175 e. The molecular weight excluding hydrogens is 278 g/mol. The Morgan fingerprint density at radius 2 is 1.65 bits per heavy atom. The third-order valence-electron chi connectivity index (χ3n) is 2.81. The van der Waals surface area contributed by atoms with Gasteiger partial charge >= 0.3 is 0 Å². The number of aryl methyl sites for hydroxylation is 2. The fraction of sp³-hybridized carbons (Fsp3) is 0.133. The highest BCUT2D eigenvalue weighted by Gasteiger charge is 2.06. The van der Waals surface area contributed by atoms with Crippen molar-refractivity contribution in [1.29, 1.82) is 0 Å². The van der Waals surface area contributed by atoms with E-state index in [9.17, 15) is 8.78 Å². The van der Waals surface area contributed by atoms with E-state index in [0.29, 0.717) is 11.4 Å². The molecule has 20 heavy (non-hydrogen) atoms. The monoisotopic (exact) mass is 292 g/mol. The van der Waals surface area contributed by atoms with E-state index in [1.165, 1.54) is 18.2 Å². The van der Waals surface area contributed by atoms with Gasteiger partial charge in [0.1, 0.15) is 11.6 Å². The van der Waals surface area contributed by atoms with E-state index in [-0.39, 0.29) is 16.7 Å². The summed E-state index contributed by atoms with van der Waals surface area (Å²) in [6.45, 7) is 3.63. The first-order chi connectivity index (χ1) is 9.45. The smallest absolute Gasteiger partial charge is 0.175 e. The van der Waals surface area contributed by atoms with E-state index in [1.54, 1.807) is 25.1 Å². The molecule has 0 aliphatic carbocycles. The summed E-state index contributed by atoms with van der Waals surface area (Å²) in [6.07, 6.45) is 0. The molecule has 0 spiro atoms. The molecule has 0 aliphatic heterocycles. The van der Waals surface area contributed by atoms with Crippen LogP contribution >= 0.6 is 12.2 Å². The van der Waals surface area contributed by atoms with Crippen molar-refractivity contribution in [3.63, 3.8) is 0 Å². The largest absolute Gasteiger partial charge is 0.332 e. The number of rotatable bonds is 2. The van der Waals surface area contributed by atoms with E-state index >= 15 is 0 Å². The zero-order valence-electron chi connectivity index (χ0n) is 11.1. The minimum atomic E-state index is -0.379. The molecule has 2 aromatic rings. The summed E-state index contributed by atoms with van der Waals surface area (Å²) < 4.78 is 26.6. The summed E-state index contributed by atoms with van der Waals surface area (Å²) in [7, 11) is 0. The van der Waals surface area contributed by atoms with Crippen LogP contribution in [0.15, 0.2) is 36.4 Å². The molecule has 0 aromatic heterocycles. The Balaban J connectivity index is 2.11. The molecule has 0 radical (unpaired) electrons. The Morgan fingerprint density at radius 3 is 2.35 bits per heavy atom. The van der Waals surface area contributed by atoms with Gasteiger partial charge in [-0.15, -0.1) is 0 Å². The van der Waals surface area contributed by atoms with Gasteiger partial charge in [-0.1, -0.05) is 6.07 Å². The van der Waals surface area contributed by atoms with Crippen LogP contribution in [0.4, 0.5) is 20.2 Å². The number of nitrogens with one attached hydrogen (secondary N) is 2. The molecule has 0 unspecified atom stereocenters. The third-order valence-corrected chi connectivity index (χ3v) is 3.01. The number of halogens is 2. The van der Waals surface area contributed by atoms with E-state index < -0.39 is 0 Å². The lowest BCUT2D eigenvalue weighted by atomic mass is 10.2. The van der Waals surface area contributed by atoms with Gasteiger partial charge in [0.05, 0.1) is 5.69 Å². The molecule has 0 heterocycles. The first kappa shape index (κ1) is 14.4. The molecule has 2 rings (SSSR count). The van der Waals surface area contributed by atoms with Crippen LogP contribution in [-0.2, 0) is 0 Å². The van der Waals surface area contributed by atoms with E-state index in [4.69, 9.17) is 12.2 Å². The minimum Gasteiger partial charge on any atom is -0.332 e. The fourth-order valence-electron chi connectivity index (χ4n) is 1.78. The zero-order chi connectivity index (χ0) is 14.7. The van der Waals surface area contributed by atoms with Crippen LogP contribution in [0, 0.1) is 25.5 Å². The molecule has 104 valence electrons. The van der Waals surface area contributed by atoms with Crippen molar-refractivity contribution in [3.8, 4) is 0 Å². The summed E-state index contributed by atoms with van der Waals surface area (Å²) in [5.41, 5.74) is 2.63. The van der Waals surface area contributed by atoms with Gasteiger partial charge in [-0.25, -0.2) is 8.78 Å². The Labute approximate surface area is 121 Å². The SMILES string of the molecule is Cc1ccc(F)c(NC(=S)Nc2ccc(F)cc2C)c1. The average Bonchev–Trinajstić information content (AvgIpc) is 2.37. The first-order valence-electron chi connectivity index (χ1n) is 6.06. The van der Waals surface area contributed by atoms with Gasteiger partial charge in [0.25, 0.3) is 0 Å². The quantitative estimate of drug-likeness (QED) is 0.803. The highest BCUT2D eigenvalue weighted by Crippen LogP contribution is 2.18. The molecule has 0 aliphatic rings. The first-order valence-corrected chi connectivity index (χ1v) is 6.47. The Kier molecular flexibility index (Phi) is 4.29. The molecule has 5 heteroatoms. The van der Waals surface area contributed by atoms with Crippen LogP contribution in [0.5, 0.6) is 0 Å². The zero-order valence-corrected chi connectivity index (χ0v) is 11.9. The topological polar surface area (TPSA) is 24.1 Å². The lowest BCUT2D eigenvalue weighted by Gasteiger charge is -2.13. The molecule has 0 fully saturated rings. The molecule has 0 bridgehead atoms. The number of hydrogen-bond acceptors (Lipinski definition) is 1. The van der Waals surface area contributed by atoms with Crippen molar-refractivity contribution in [2.24, 2.45) is 0 Å². The molecule has 0 saturated carbocycles. The standard InChI is InChI=1S/C15H14F2N2S/c1-9-3-5-12(17)14(7-9)19-15(20)18-13-6-4-11(16)8-10(13)2/h3-8H,1-2H3,(H2,18,19,20). The predicted molar refractivity (Wildman–Crippen MR) is 82.1 cm³/mol. The van der Waals surface area contributed by atoms with Gasteiger partial charge in [-0.2, -0.15) is 0 Å². The van der Waals surface area contributed by atoms with Crippen molar-refractivity contribution in [1.82, 2.24) is 0 Å². The normalized spacial score (nSPS) is 10.2. The Bertz CT molecular complexity index is 656. The Hall–Kier alpha value is -2.01. The summed E-state index contributed by atoms with van der Waals surface area (Å²) in [5, 5.41) is 5.97. The van der Waals surface area contributed by atoms with Crippen LogP contribution in [0.3, 0.4) is 0 Å². The number of thiocarbonyl (C=S) groups is 1. The minimum absolute atomic E-state index is 0.254. The molecule has 2 aromatic carbocycles. The van der Waals surface area contributed by atoms with E-state index in [2.05, 4.69) is 10.6 Å². The average molecular weight is 292 g/mol. The van der Waals surface area contributed by atoms with Gasteiger partial charge < -0.3 is 10.6 Å². The summed E-state index contributed by atoms with van der Waals surface area (Å²) in [4.78, 5) is 0. The molecular formula is C15H14F2N2S. The van der Waals surface area contributed by atoms with Gasteiger partial charge in [0.2, 0.25) is 0 Å². The van der Waals surface area contributed by atoms with Crippen molar-refractivity contribution in [2.75, 3.05) is 10.6 Å². The van der Waals surface area contributed by atoms with Gasteiger partial charge in [-0.3, -0.25) is 0 Å². The van der Waals surface area contributed by atoms with Gasteiger partial charge in [-0.05, 0) is 67.5 Å². The fourth-order valence-corrected chi connectivity index (χ4v) is 2.00. The number of anilines is 2. The second-order valence-electron chi connectivity index (χ2n) is 4.52. The van der Waals surface area contributed by atoms with Crippen LogP contribution in [0.2, 0.25) is 0 Å². The maximum absolute atomic E-state index is 13.6. The van der Waals surface area contributed by atoms with E-state index in [0.717, 1.165) is 11.1 Å². The highest BCUT2D eigenvalue weighted by atomic mass is 32.1. The molecule has 2 N–H and O–H groups in total. The highest BCUT2D eigenvalue weighted by molar-refractivity contribution is 7.80. The van der Waals surface area contributed by atoms with Crippen LogP contribution in [0.25, 0.3) is 0 Å². The molecule has 0 amide bonds. The van der Waals surface area contributed by atoms with Crippen molar-refractivity contribution < 1.29 is 8.78 Å². The van der Waals surface area contributed by atoms with Gasteiger partial charge in [0.15, 0.2) is 5.11 Å². The second-order valence-corrected chi connectivity index (χ2v) is 4.93. The van der Waals surface area contributed by atoms with Crippen molar-refractivity contribution in [3.05, 3.63) is 59.2 Å². The molecule has 0 atom stereocenters. The van der Waals surface area contributed by atoms with Crippen LogP contribution in [0.1, 0.15) is 11.1 Å². The number of hydrogen-bond donors (Lipinski definition) is 2. The van der Waals surface area contributed by atoms with Gasteiger partial charge in [0, 0.05) is 5.69 Å². The molecule has 2 nitrogen and oxygen atoms in total. The van der Waals surface area contributed by atoms with E-state index in [1.807, 2.05) is 6.92 Å². The molecule has 0 saturated heterocycles. The lowest BCUT2D eigenvalue weighted by Crippen LogP contribution is -2.20. The third kappa shape index (κ3) is 3.51.